The van der Waals surface area contributed by atoms with Gasteiger partial charge in [-0.2, -0.15) is 8.42 Å². The van der Waals surface area contributed by atoms with E-state index in [1.807, 2.05) is 67.6 Å². The predicted molar refractivity (Wildman–Crippen MR) is 164 cm³/mol. The van der Waals surface area contributed by atoms with E-state index in [1.165, 1.54) is 17.0 Å². The molecule has 4 aromatic carbocycles. The Kier molecular flexibility index (Phi) is 5.91. The Morgan fingerprint density at radius 2 is 1.60 bits per heavy atom. The van der Waals surface area contributed by atoms with Gasteiger partial charge in [0.05, 0.1) is 22.0 Å². The summed E-state index contributed by atoms with van der Waals surface area (Å²) in [6.45, 7) is 1.87. The van der Waals surface area contributed by atoms with Crippen molar-refractivity contribution in [3.63, 3.8) is 0 Å². The number of quaternary nitrogens is 1. The van der Waals surface area contributed by atoms with Crippen LogP contribution >= 0.6 is 0 Å². The van der Waals surface area contributed by atoms with Gasteiger partial charge in [-0.15, -0.1) is 0 Å². The number of benzene rings is 4. The number of carbonyl (C=O) groups is 1. The van der Waals surface area contributed by atoms with E-state index in [9.17, 15) is 13.2 Å². The van der Waals surface area contributed by atoms with Gasteiger partial charge in [0.25, 0.3) is 0 Å². The summed E-state index contributed by atoms with van der Waals surface area (Å²) in [6, 6.07) is 28.3. The van der Waals surface area contributed by atoms with E-state index in [0.717, 1.165) is 27.5 Å². The molecule has 8 nitrogen and oxygen atoms in total. The number of fused-ring (bicyclic) bond motifs is 4. The van der Waals surface area contributed by atoms with E-state index in [-0.39, 0.29) is 4.90 Å². The molecule has 0 saturated carbocycles. The van der Waals surface area contributed by atoms with Gasteiger partial charge in [-0.3, -0.25) is 14.9 Å². The van der Waals surface area contributed by atoms with Gasteiger partial charge >= 0.3 is 16.1 Å². The molecule has 0 N–H and O–H groups in total. The maximum atomic E-state index is 14.5. The van der Waals surface area contributed by atoms with E-state index >= 15 is 0 Å². The van der Waals surface area contributed by atoms with Gasteiger partial charge in [-0.1, -0.05) is 54.1 Å². The molecular weight excluding hydrogens is 548 g/mol. The zero-order chi connectivity index (χ0) is 29.1. The average Bonchev–Trinajstić information content (AvgIpc) is 3.23. The summed E-state index contributed by atoms with van der Waals surface area (Å²) in [5.74, 6) is 0. The van der Waals surface area contributed by atoms with Crippen LogP contribution < -0.4 is 9.55 Å². The maximum Gasteiger partial charge on any atom is 0.468 e. The molecule has 0 radical (unpaired) electrons. The summed E-state index contributed by atoms with van der Waals surface area (Å²) >= 11 is 0. The molecule has 0 fully saturated rings. The molecule has 3 heterocycles. The molecule has 2 amide bonds. The van der Waals surface area contributed by atoms with Gasteiger partial charge in [-0.05, 0) is 68.6 Å². The van der Waals surface area contributed by atoms with Crippen molar-refractivity contribution in [2.75, 3.05) is 11.9 Å². The van der Waals surface area contributed by atoms with Crippen molar-refractivity contribution in [3.05, 3.63) is 121 Å². The van der Waals surface area contributed by atoms with Crippen LogP contribution in [0.2, 0.25) is 0 Å². The van der Waals surface area contributed by atoms with Crippen molar-refractivity contribution in [2.45, 2.75) is 11.8 Å². The first kappa shape index (κ1) is 26.0. The minimum Gasteiger partial charge on any atom is -0.264 e. The largest absolute Gasteiger partial charge is 0.468 e. The second-order valence-corrected chi connectivity index (χ2v) is 11.8. The fraction of sp³-hybridized carbons (Fsp3) is 0.0606. The van der Waals surface area contributed by atoms with Gasteiger partial charge in [0.1, 0.15) is 5.69 Å². The highest BCUT2D eigenvalue weighted by atomic mass is 32.2. The van der Waals surface area contributed by atoms with Crippen molar-refractivity contribution >= 4 is 54.9 Å². The number of aromatic nitrogens is 2. The Morgan fingerprint density at radius 1 is 0.810 bits per heavy atom. The summed E-state index contributed by atoms with van der Waals surface area (Å²) in [7, 11) is -2.86. The SMILES string of the molecule is Cc1ccc(S(=O)(=O)O[N+]2(c3ccc4ccccc4c3)C(=O)N(C)c3cnc4ccc(-c5cccnc5)cc4c32)cc1. The second-order valence-electron chi connectivity index (χ2n) is 10.3. The molecule has 1 aliphatic rings. The van der Waals surface area contributed by atoms with Crippen LogP contribution in [0.3, 0.4) is 0 Å². The number of anilines is 1. The Labute approximate surface area is 242 Å². The summed E-state index contributed by atoms with van der Waals surface area (Å²) in [6.07, 6.45) is 5.03. The molecule has 42 heavy (non-hydrogen) atoms. The highest BCUT2D eigenvalue weighted by Gasteiger charge is 2.60. The summed E-state index contributed by atoms with van der Waals surface area (Å²) in [4.78, 5) is 24.7. The number of nitrogens with zero attached hydrogens (tertiary/aromatic N) is 4. The lowest BCUT2D eigenvalue weighted by Crippen LogP contribution is -2.51. The molecule has 6 aromatic rings. The van der Waals surface area contributed by atoms with E-state index < -0.39 is 20.8 Å². The molecule has 1 aliphatic heterocycles. The minimum atomic E-state index is -4.46. The first-order chi connectivity index (χ1) is 20.3. The van der Waals surface area contributed by atoms with Crippen molar-refractivity contribution in [3.8, 4) is 11.1 Å². The van der Waals surface area contributed by atoms with Crippen LogP contribution in [0.25, 0.3) is 32.8 Å². The van der Waals surface area contributed by atoms with Crippen LogP contribution in [0, 0.1) is 6.92 Å². The molecule has 0 saturated heterocycles. The third-order valence-corrected chi connectivity index (χ3v) is 8.93. The maximum absolute atomic E-state index is 14.5. The monoisotopic (exact) mass is 573 g/mol. The number of amides is 2. The lowest BCUT2D eigenvalue weighted by atomic mass is 10.0. The van der Waals surface area contributed by atoms with Crippen molar-refractivity contribution in [1.29, 1.82) is 0 Å². The molecular formula is C33H25N4O4S+. The lowest BCUT2D eigenvalue weighted by Gasteiger charge is -2.27. The Balaban J connectivity index is 1.56. The number of hydrogen-bond donors (Lipinski definition) is 0. The van der Waals surface area contributed by atoms with Crippen LogP contribution in [-0.2, 0) is 14.4 Å². The minimum absolute atomic E-state index is 0.0512. The fourth-order valence-electron chi connectivity index (χ4n) is 5.49. The first-order valence-electron chi connectivity index (χ1n) is 13.3. The molecule has 1 unspecified atom stereocenters. The Morgan fingerprint density at radius 3 is 2.36 bits per heavy atom. The molecule has 0 bridgehead atoms. The second kappa shape index (κ2) is 9.56. The zero-order valence-electron chi connectivity index (χ0n) is 22.8. The number of hydroxylamine groups is 1. The molecule has 0 spiro atoms. The molecule has 0 aliphatic carbocycles. The number of urea groups is 1. The van der Waals surface area contributed by atoms with Crippen LogP contribution in [-0.4, -0.2) is 31.5 Å². The third-order valence-electron chi connectivity index (χ3n) is 7.66. The van der Waals surface area contributed by atoms with Gasteiger partial charge in [0.2, 0.25) is 5.69 Å². The standard InChI is InChI=1S/C33H25N4O4S/c1-22-9-14-28(15-10-22)42(39,40)41-37(27-13-11-23-6-3-4-7-24(23)18-27)32-29-19-25(26-8-5-17-34-20-26)12-16-30(29)35-21-31(32)36(2)33(37)38/h3-21H,1-2H3/q+1. The predicted octanol–water partition coefficient (Wildman–Crippen LogP) is 7.29. The molecule has 206 valence electrons. The van der Waals surface area contributed by atoms with Crippen LogP contribution in [0.1, 0.15) is 5.56 Å². The van der Waals surface area contributed by atoms with Gasteiger partial charge in [-0.25, -0.2) is 4.79 Å². The molecule has 2 aromatic heterocycles. The van der Waals surface area contributed by atoms with E-state index in [1.54, 1.807) is 49.9 Å². The molecule has 1 atom stereocenters. The van der Waals surface area contributed by atoms with E-state index in [2.05, 4.69) is 9.97 Å². The van der Waals surface area contributed by atoms with Crippen molar-refractivity contribution < 1.29 is 17.5 Å². The molecule has 9 heteroatoms. The number of hydrogen-bond acceptors (Lipinski definition) is 6. The number of aryl methyl sites for hydroxylation is 1. The van der Waals surface area contributed by atoms with Gasteiger partial charge in [0.15, 0.2) is 5.69 Å². The number of rotatable bonds is 5. The fourth-order valence-corrected chi connectivity index (χ4v) is 6.56. The quantitative estimate of drug-likeness (QED) is 0.201. The summed E-state index contributed by atoms with van der Waals surface area (Å²) in [5, 5.41) is 2.36. The Hall–Kier alpha value is -4.96. The topological polar surface area (TPSA) is 89.5 Å². The smallest absolute Gasteiger partial charge is 0.264 e. The highest BCUT2D eigenvalue weighted by Crippen LogP contribution is 2.53. The van der Waals surface area contributed by atoms with Gasteiger partial charge in [0, 0.05) is 37.1 Å². The van der Waals surface area contributed by atoms with Crippen LogP contribution in [0.15, 0.2) is 121 Å². The van der Waals surface area contributed by atoms with Gasteiger partial charge < -0.3 is 0 Å². The summed E-state index contributed by atoms with van der Waals surface area (Å²) < 4.78 is 33.2. The summed E-state index contributed by atoms with van der Waals surface area (Å²) in [5.41, 5.74) is 4.35. The van der Waals surface area contributed by atoms with Crippen LogP contribution in [0.4, 0.5) is 21.9 Å². The van der Waals surface area contributed by atoms with Crippen LogP contribution in [0.5, 0.6) is 0 Å². The van der Waals surface area contributed by atoms with E-state index in [0.29, 0.717) is 28.0 Å². The highest BCUT2D eigenvalue weighted by molar-refractivity contribution is 7.86. The average molecular weight is 574 g/mol. The van der Waals surface area contributed by atoms with Crippen molar-refractivity contribution in [1.82, 2.24) is 14.6 Å². The lowest BCUT2D eigenvalue weighted by molar-refractivity contribution is 0.0640. The first-order valence-corrected chi connectivity index (χ1v) is 14.7. The number of carbonyl (C=O) groups excluding carboxylic acids is 1. The van der Waals surface area contributed by atoms with Crippen molar-refractivity contribution in [2.24, 2.45) is 0 Å². The Bertz CT molecular complexity index is 2130. The molecule has 7 rings (SSSR count). The number of pyridine rings is 2. The zero-order valence-corrected chi connectivity index (χ0v) is 23.6. The normalized spacial score (nSPS) is 16.7. The third kappa shape index (κ3) is 3.98. The van der Waals surface area contributed by atoms with E-state index in [4.69, 9.17) is 4.28 Å².